The van der Waals surface area contributed by atoms with Crippen molar-refractivity contribution < 1.29 is 9.59 Å². The van der Waals surface area contributed by atoms with Crippen LogP contribution in [-0.2, 0) is 16.6 Å². The summed E-state index contributed by atoms with van der Waals surface area (Å²) in [6, 6.07) is 10.2. The molecule has 1 aliphatic heterocycles. The fourth-order valence-electron chi connectivity index (χ4n) is 4.55. The topological polar surface area (TPSA) is 66.1 Å². The minimum Gasteiger partial charge on any atom is -0.347 e. The molecule has 0 N–H and O–H groups in total. The molecular weight excluding hydrogens is 290 g/mol. The predicted molar refractivity (Wildman–Crippen MR) is 84.4 cm³/mol. The number of nitrogens with zero attached hydrogens (tertiary/aromatic N) is 3. The molecule has 4 rings (SSSR count). The molecule has 1 aliphatic carbocycles. The highest BCUT2D eigenvalue weighted by atomic mass is 16.2. The van der Waals surface area contributed by atoms with Crippen LogP contribution in [0.5, 0.6) is 0 Å². The van der Waals surface area contributed by atoms with Crippen LogP contribution in [0.3, 0.4) is 0 Å². The maximum absolute atomic E-state index is 12.6. The van der Waals surface area contributed by atoms with E-state index in [9.17, 15) is 14.9 Å². The number of para-hydroxylation sites is 1. The summed E-state index contributed by atoms with van der Waals surface area (Å²) < 4.78 is 2.08. The first-order valence-corrected chi connectivity index (χ1v) is 7.77. The Morgan fingerprint density at radius 3 is 2.43 bits per heavy atom. The number of fused-ring (bicyclic) bond motifs is 4. The average molecular weight is 307 g/mol. The summed E-state index contributed by atoms with van der Waals surface area (Å²) in [5, 5.41) is 10.8. The highest BCUT2D eigenvalue weighted by Crippen LogP contribution is 2.52. The largest absolute Gasteiger partial charge is 0.347 e. The summed E-state index contributed by atoms with van der Waals surface area (Å²) in [5.41, 5.74) is 2.98. The zero-order chi connectivity index (χ0) is 16.5. The molecular formula is C18H17N3O2. The summed E-state index contributed by atoms with van der Waals surface area (Å²) >= 11 is 0. The van der Waals surface area contributed by atoms with E-state index in [2.05, 4.69) is 10.6 Å². The molecule has 1 aromatic carbocycles. The van der Waals surface area contributed by atoms with Gasteiger partial charge in [0.05, 0.1) is 23.8 Å². The van der Waals surface area contributed by atoms with Gasteiger partial charge in [-0.1, -0.05) is 25.1 Å². The number of carbonyl (C=O) groups is 2. The third-order valence-corrected chi connectivity index (χ3v) is 5.59. The Morgan fingerprint density at radius 2 is 1.74 bits per heavy atom. The van der Waals surface area contributed by atoms with Gasteiger partial charge in [0.15, 0.2) is 0 Å². The number of aryl methyl sites for hydroxylation is 1. The molecule has 23 heavy (non-hydrogen) atoms. The Labute approximate surface area is 134 Å². The molecule has 116 valence electrons. The fraction of sp³-hybridized carbons (Fsp3) is 0.389. The quantitative estimate of drug-likeness (QED) is 0.700. The molecule has 2 amide bonds. The first-order valence-electron chi connectivity index (χ1n) is 7.77. The monoisotopic (exact) mass is 307 g/mol. The molecule has 5 heteroatoms. The second kappa shape index (κ2) is 4.45. The van der Waals surface area contributed by atoms with E-state index < -0.39 is 17.8 Å². The number of nitriles is 1. The van der Waals surface area contributed by atoms with Gasteiger partial charge in [0.1, 0.15) is 0 Å². The van der Waals surface area contributed by atoms with Crippen molar-refractivity contribution in [1.82, 2.24) is 9.47 Å². The van der Waals surface area contributed by atoms with Crippen LogP contribution >= 0.6 is 0 Å². The molecule has 5 nitrogen and oxygen atoms in total. The maximum atomic E-state index is 12.6. The van der Waals surface area contributed by atoms with E-state index in [1.165, 1.54) is 11.9 Å². The van der Waals surface area contributed by atoms with Crippen molar-refractivity contribution in [3.63, 3.8) is 0 Å². The van der Waals surface area contributed by atoms with Gasteiger partial charge in [0, 0.05) is 36.6 Å². The van der Waals surface area contributed by atoms with Gasteiger partial charge >= 0.3 is 0 Å². The molecule has 1 fully saturated rings. The zero-order valence-electron chi connectivity index (χ0n) is 13.3. The third kappa shape index (κ3) is 1.51. The highest BCUT2D eigenvalue weighted by Gasteiger charge is 2.57. The smallest absolute Gasteiger partial charge is 0.234 e. The van der Waals surface area contributed by atoms with Gasteiger partial charge in [0.2, 0.25) is 11.8 Å². The number of likely N-dealkylation sites (tertiary alicyclic amines) is 1. The van der Waals surface area contributed by atoms with Crippen LogP contribution in [0.25, 0.3) is 10.9 Å². The number of carbonyl (C=O) groups excluding carboxylic acids is 2. The van der Waals surface area contributed by atoms with Gasteiger partial charge in [-0.25, -0.2) is 0 Å². The zero-order valence-corrected chi connectivity index (χ0v) is 13.3. The third-order valence-electron chi connectivity index (χ3n) is 5.59. The lowest BCUT2D eigenvalue weighted by Gasteiger charge is -2.32. The van der Waals surface area contributed by atoms with Crippen LogP contribution in [0.15, 0.2) is 24.3 Å². The first kappa shape index (κ1) is 14.0. The Morgan fingerprint density at radius 1 is 1.09 bits per heavy atom. The molecule has 0 spiro atoms. The summed E-state index contributed by atoms with van der Waals surface area (Å²) in [7, 11) is 3.49. The molecule has 2 aromatic rings. The van der Waals surface area contributed by atoms with Crippen molar-refractivity contribution >= 4 is 22.7 Å². The van der Waals surface area contributed by atoms with Crippen LogP contribution in [-0.4, -0.2) is 28.3 Å². The molecule has 0 unspecified atom stereocenters. The number of hydrogen-bond donors (Lipinski definition) is 0. The highest BCUT2D eigenvalue weighted by molar-refractivity contribution is 6.07. The van der Waals surface area contributed by atoms with Gasteiger partial charge in [-0.15, -0.1) is 0 Å². The Bertz CT molecular complexity index is 905. The molecule has 0 saturated carbocycles. The Hall–Kier alpha value is -2.61. The normalized spacial score (nSPS) is 29.6. The summed E-state index contributed by atoms with van der Waals surface area (Å²) in [4.78, 5) is 26.3. The van der Waals surface area contributed by atoms with Crippen LogP contribution in [0, 0.1) is 23.2 Å². The standard InChI is InChI=1S/C18H17N3O2/c1-9-13-15(18(23)21(3)17(13)22)11(8-19)14-10-6-4-5-7-12(10)20(2)16(9)14/h4-7,9,11,13,15H,1-3H3/t9-,11+,13+,15-/m1/s1. The second-order valence-electron chi connectivity index (χ2n) is 6.56. The van der Waals surface area contributed by atoms with E-state index in [0.717, 1.165) is 22.2 Å². The number of benzene rings is 1. The van der Waals surface area contributed by atoms with Gasteiger partial charge in [-0.2, -0.15) is 5.26 Å². The number of amides is 2. The Balaban J connectivity index is 2.07. The van der Waals surface area contributed by atoms with Crippen molar-refractivity contribution in [2.24, 2.45) is 18.9 Å². The molecule has 1 aromatic heterocycles. The molecule has 0 bridgehead atoms. The molecule has 4 atom stereocenters. The first-order chi connectivity index (χ1) is 11.0. The van der Waals surface area contributed by atoms with E-state index in [-0.39, 0.29) is 17.7 Å². The lowest BCUT2D eigenvalue weighted by molar-refractivity contribution is -0.138. The van der Waals surface area contributed by atoms with E-state index in [1.807, 2.05) is 38.2 Å². The van der Waals surface area contributed by atoms with Gasteiger partial charge in [-0.05, 0) is 11.6 Å². The molecule has 2 aliphatic rings. The van der Waals surface area contributed by atoms with Crippen LogP contribution in [0.2, 0.25) is 0 Å². The lowest BCUT2D eigenvalue weighted by Crippen LogP contribution is -2.34. The van der Waals surface area contributed by atoms with Crippen molar-refractivity contribution in [1.29, 1.82) is 5.26 Å². The molecule has 1 saturated heterocycles. The van der Waals surface area contributed by atoms with Crippen LogP contribution in [0.1, 0.15) is 30.0 Å². The maximum Gasteiger partial charge on any atom is 0.234 e. The van der Waals surface area contributed by atoms with Crippen LogP contribution < -0.4 is 0 Å². The number of imide groups is 1. The van der Waals surface area contributed by atoms with E-state index >= 15 is 0 Å². The minimum absolute atomic E-state index is 0.0848. The number of hydrogen-bond acceptors (Lipinski definition) is 3. The van der Waals surface area contributed by atoms with E-state index in [1.54, 1.807) is 0 Å². The summed E-state index contributed by atoms with van der Waals surface area (Å²) in [5.74, 6) is -2.05. The lowest BCUT2D eigenvalue weighted by atomic mass is 9.67. The van der Waals surface area contributed by atoms with Crippen molar-refractivity contribution in [3.8, 4) is 6.07 Å². The van der Waals surface area contributed by atoms with Crippen molar-refractivity contribution in [2.75, 3.05) is 7.05 Å². The fourth-order valence-corrected chi connectivity index (χ4v) is 4.55. The van der Waals surface area contributed by atoms with Crippen molar-refractivity contribution in [3.05, 3.63) is 35.5 Å². The number of rotatable bonds is 0. The van der Waals surface area contributed by atoms with E-state index in [0.29, 0.717) is 0 Å². The summed E-state index contributed by atoms with van der Waals surface area (Å²) in [6.45, 7) is 1.99. The molecule has 0 radical (unpaired) electrons. The predicted octanol–water partition coefficient (Wildman–Crippen LogP) is 2.13. The second-order valence-corrected chi connectivity index (χ2v) is 6.56. The number of aromatic nitrogens is 1. The SMILES string of the molecule is C[C@H]1c2c(c3ccccc3n2C)[C@H](C#N)[C@H]2C(=O)N(C)C(=O)[C@H]21. The Kier molecular flexibility index (Phi) is 2.71. The van der Waals surface area contributed by atoms with Gasteiger partial charge < -0.3 is 4.57 Å². The van der Waals surface area contributed by atoms with E-state index in [4.69, 9.17) is 0 Å². The van der Waals surface area contributed by atoms with Gasteiger partial charge in [-0.3, -0.25) is 14.5 Å². The van der Waals surface area contributed by atoms with Crippen LogP contribution in [0.4, 0.5) is 0 Å². The van der Waals surface area contributed by atoms with Gasteiger partial charge in [0.25, 0.3) is 0 Å². The summed E-state index contributed by atoms with van der Waals surface area (Å²) in [6.07, 6.45) is 0. The minimum atomic E-state index is -0.571. The van der Waals surface area contributed by atoms with Crippen molar-refractivity contribution in [2.45, 2.75) is 18.8 Å². The average Bonchev–Trinajstić information content (AvgIpc) is 2.97. The molecule has 2 heterocycles.